The number of methoxy groups -OCH3 is 1. The topological polar surface area (TPSA) is 132 Å². The Balaban J connectivity index is 1.37. The zero-order valence-electron chi connectivity index (χ0n) is 23.7. The van der Waals surface area contributed by atoms with E-state index in [1.807, 2.05) is 39.0 Å². The maximum atomic E-state index is 15.2. The fourth-order valence-electron chi connectivity index (χ4n) is 8.40. The summed E-state index contributed by atoms with van der Waals surface area (Å²) in [6.07, 6.45) is -0.585. The molecule has 6 rings (SSSR count). The first-order chi connectivity index (χ1) is 19.4. The van der Waals surface area contributed by atoms with Crippen LogP contribution >= 0.6 is 0 Å². The fourth-order valence-corrected chi connectivity index (χ4v) is 8.40. The van der Waals surface area contributed by atoms with Gasteiger partial charge in [0, 0.05) is 25.2 Å². The number of carbonyl (C=O) groups is 4. The lowest BCUT2D eigenvalue weighted by atomic mass is 9.77. The number of rotatable bonds is 3. The van der Waals surface area contributed by atoms with Crippen LogP contribution in [-0.2, 0) is 24.5 Å². The number of benzene rings is 1. The predicted molar refractivity (Wildman–Crippen MR) is 145 cm³/mol. The van der Waals surface area contributed by atoms with Crippen molar-refractivity contribution < 1.29 is 28.3 Å². The number of carbonyl (C=O) groups excluding carboxylic acids is 4. The number of ether oxygens (including phenoxy) is 1. The molecule has 0 radical (unpaired) electrons. The molecule has 9 atom stereocenters. The molecule has 218 valence electrons. The van der Waals surface area contributed by atoms with Crippen molar-refractivity contribution in [2.24, 2.45) is 29.1 Å². The number of likely N-dealkylation sites (tertiary alicyclic amines) is 2. The summed E-state index contributed by atoms with van der Waals surface area (Å²) in [5.41, 5.74) is -0.374. The van der Waals surface area contributed by atoms with Gasteiger partial charge in [-0.2, -0.15) is 5.26 Å². The normalized spacial score (nSPS) is 35.6. The SMILES string of the molecule is COC(=O)N[C@H](C(=O)N1C[C@@H]2[C@H]3C[C@@H]([C@@H]2[C@H]1C(=O)N1C[C@]2(C[C@H]1C#N)C(=O)Nc1ccccc12)[C@H](F)C3)C(C)(C)C. The van der Waals surface area contributed by atoms with E-state index in [1.165, 1.54) is 16.9 Å². The molecule has 2 bridgehead atoms. The number of nitriles is 1. The summed E-state index contributed by atoms with van der Waals surface area (Å²) in [6, 6.07) is 6.63. The minimum atomic E-state index is -1.07. The van der Waals surface area contributed by atoms with Crippen LogP contribution in [0.15, 0.2) is 24.3 Å². The number of halogens is 1. The Morgan fingerprint density at radius 2 is 1.93 bits per heavy atom. The lowest BCUT2D eigenvalue weighted by Crippen LogP contribution is -2.59. The molecule has 0 aromatic heterocycles. The molecule has 11 heteroatoms. The first kappa shape index (κ1) is 27.5. The van der Waals surface area contributed by atoms with Crippen LogP contribution in [0, 0.1) is 40.4 Å². The van der Waals surface area contributed by atoms with Crippen LogP contribution < -0.4 is 10.6 Å². The van der Waals surface area contributed by atoms with Crippen molar-refractivity contribution in [3.8, 4) is 6.07 Å². The molecule has 3 heterocycles. The second-order valence-corrected chi connectivity index (χ2v) is 13.4. The maximum absolute atomic E-state index is 15.2. The Labute approximate surface area is 238 Å². The number of nitrogens with one attached hydrogen (secondary N) is 2. The number of amides is 4. The summed E-state index contributed by atoms with van der Waals surface area (Å²) < 4.78 is 19.9. The molecular weight excluding hydrogens is 529 g/mol. The summed E-state index contributed by atoms with van der Waals surface area (Å²) in [5.74, 6) is -1.85. The Kier molecular flexibility index (Phi) is 6.32. The standard InChI is InChI=1S/C30H36FN5O5/c1-29(2,3)24(34-28(40)41-4)26(38)35-13-18-15-9-17(20(31)10-15)22(18)23(35)25(37)36-14-30(11-16(36)12-32)19-7-5-6-8-21(19)33-27(30)39/h5-8,15-18,20,22-24H,9-11,13-14H2,1-4H3,(H,33,39)(H,34,40)/t15-,16-,17+,18+,20+,22-,23-,24+,30-/m0/s1. The average Bonchev–Trinajstić information content (AvgIpc) is 3.72. The van der Waals surface area contributed by atoms with Crippen LogP contribution in [0.4, 0.5) is 14.9 Å². The lowest BCUT2D eigenvalue weighted by Gasteiger charge is -2.38. The van der Waals surface area contributed by atoms with E-state index in [0.29, 0.717) is 18.5 Å². The highest BCUT2D eigenvalue weighted by atomic mass is 19.1. The first-order valence-electron chi connectivity index (χ1n) is 14.3. The second-order valence-electron chi connectivity index (χ2n) is 13.4. The Bertz CT molecular complexity index is 1360. The molecular formula is C30H36FN5O5. The molecule has 4 fully saturated rings. The number of hydrogen-bond acceptors (Lipinski definition) is 6. The maximum Gasteiger partial charge on any atom is 0.407 e. The van der Waals surface area contributed by atoms with Gasteiger partial charge in [0.05, 0.1) is 18.6 Å². The van der Waals surface area contributed by atoms with Crippen LogP contribution in [-0.4, -0.2) is 78.1 Å². The van der Waals surface area contributed by atoms with Crippen molar-refractivity contribution in [3.05, 3.63) is 29.8 Å². The van der Waals surface area contributed by atoms with Crippen molar-refractivity contribution in [1.29, 1.82) is 5.26 Å². The molecule has 1 spiro atoms. The van der Waals surface area contributed by atoms with Gasteiger partial charge in [0.2, 0.25) is 17.7 Å². The van der Waals surface area contributed by atoms with E-state index >= 15 is 4.39 Å². The number of nitrogens with zero attached hydrogens (tertiary/aromatic N) is 3. The highest BCUT2D eigenvalue weighted by Crippen LogP contribution is 2.59. The largest absolute Gasteiger partial charge is 0.453 e. The lowest BCUT2D eigenvalue weighted by molar-refractivity contribution is -0.148. The fraction of sp³-hybridized carbons (Fsp3) is 0.633. The average molecular weight is 566 g/mol. The minimum absolute atomic E-state index is 0.000910. The Morgan fingerprint density at radius 3 is 2.61 bits per heavy atom. The summed E-state index contributed by atoms with van der Waals surface area (Å²) in [4.78, 5) is 57.3. The van der Waals surface area contributed by atoms with E-state index in [-0.39, 0.29) is 49.1 Å². The van der Waals surface area contributed by atoms with Gasteiger partial charge < -0.3 is 25.2 Å². The van der Waals surface area contributed by atoms with Gasteiger partial charge in [-0.1, -0.05) is 39.0 Å². The van der Waals surface area contributed by atoms with E-state index in [1.54, 1.807) is 6.07 Å². The Hall–Kier alpha value is -3.68. The van der Waals surface area contributed by atoms with Crippen molar-refractivity contribution in [2.45, 2.75) is 69.7 Å². The van der Waals surface area contributed by atoms with Gasteiger partial charge in [-0.25, -0.2) is 9.18 Å². The molecule has 4 amide bonds. The Morgan fingerprint density at radius 1 is 1.20 bits per heavy atom. The van der Waals surface area contributed by atoms with Crippen LogP contribution in [0.3, 0.4) is 0 Å². The zero-order valence-corrected chi connectivity index (χ0v) is 23.7. The zero-order chi connectivity index (χ0) is 29.4. The highest BCUT2D eigenvalue weighted by molar-refractivity contribution is 6.07. The monoisotopic (exact) mass is 565 g/mol. The number of hydrogen-bond donors (Lipinski definition) is 2. The van der Waals surface area contributed by atoms with E-state index < -0.39 is 53.0 Å². The van der Waals surface area contributed by atoms with Crippen LogP contribution in [0.5, 0.6) is 0 Å². The molecule has 2 saturated heterocycles. The summed E-state index contributed by atoms with van der Waals surface area (Å²) in [6.45, 7) is 5.72. The first-order valence-corrected chi connectivity index (χ1v) is 14.3. The summed E-state index contributed by atoms with van der Waals surface area (Å²) >= 11 is 0. The van der Waals surface area contributed by atoms with Crippen molar-refractivity contribution in [2.75, 3.05) is 25.5 Å². The number of anilines is 1. The number of fused-ring (bicyclic) bond motifs is 7. The summed E-state index contributed by atoms with van der Waals surface area (Å²) in [5, 5.41) is 15.7. The molecule has 2 N–H and O–H groups in total. The van der Waals surface area contributed by atoms with Gasteiger partial charge in [-0.15, -0.1) is 0 Å². The summed E-state index contributed by atoms with van der Waals surface area (Å²) in [7, 11) is 1.22. The van der Waals surface area contributed by atoms with Gasteiger partial charge in [-0.05, 0) is 53.6 Å². The van der Waals surface area contributed by atoms with E-state index in [4.69, 9.17) is 4.74 Å². The van der Waals surface area contributed by atoms with Crippen molar-refractivity contribution in [3.63, 3.8) is 0 Å². The highest BCUT2D eigenvalue weighted by Gasteiger charge is 2.65. The van der Waals surface area contributed by atoms with Crippen molar-refractivity contribution in [1.82, 2.24) is 15.1 Å². The van der Waals surface area contributed by atoms with E-state index in [0.717, 1.165) is 5.56 Å². The number of alkyl halides is 1. The smallest absolute Gasteiger partial charge is 0.407 e. The second kappa shape index (κ2) is 9.43. The molecule has 1 aromatic carbocycles. The van der Waals surface area contributed by atoms with Crippen LogP contribution in [0.2, 0.25) is 0 Å². The van der Waals surface area contributed by atoms with Gasteiger partial charge in [-0.3, -0.25) is 14.4 Å². The molecule has 1 aromatic rings. The van der Waals surface area contributed by atoms with Gasteiger partial charge in [0.1, 0.15) is 24.3 Å². The third-order valence-corrected chi connectivity index (χ3v) is 10.3. The third-order valence-electron chi connectivity index (χ3n) is 10.3. The third kappa shape index (κ3) is 4.01. The molecule has 2 saturated carbocycles. The van der Waals surface area contributed by atoms with Crippen LogP contribution in [0.25, 0.3) is 0 Å². The van der Waals surface area contributed by atoms with Crippen LogP contribution in [0.1, 0.15) is 45.6 Å². The quantitative estimate of drug-likeness (QED) is 0.579. The molecule has 10 nitrogen and oxygen atoms in total. The number of alkyl carbamates (subject to hydrolysis) is 1. The molecule has 2 aliphatic carbocycles. The molecule has 5 aliphatic rings. The van der Waals surface area contributed by atoms with E-state index in [9.17, 15) is 24.4 Å². The molecule has 41 heavy (non-hydrogen) atoms. The minimum Gasteiger partial charge on any atom is -0.453 e. The van der Waals surface area contributed by atoms with E-state index in [2.05, 4.69) is 16.7 Å². The molecule has 0 unspecified atom stereocenters. The predicted octanol–water partition coefficient (Wildman–Crippen LogP) is 2.59. The van der Waals surface area contributed by atoms with Crippen molar-refractivity contribution >= 4 is 29.5 Å². The van der Waals surface area contributed by atoms with Gasteiger partial charge >= 0.3 is 6.09 Å². The molecule has 3 aliphatic heterocycles. The van der Waals surface area contributed by atoms with Gasteiger partial charge in [0.15, 0.2) is 0 Å². The van der Waals surface area contributed by atoms with Gasteiger partial charge in [0.25, 0.3) is 0 Å². The number of para-hydroxylation sites is 1.